The summed E-state index contributed by atoms with van der Waals surface area (Å²) in [6.45, 7) is 2.13. The van der Waals surface area contributed by atoms with Crippen LogP contribution in [0.25, 0.3) is 0 Å². The second-order valence-electron chi connectivity index (χ2n) is 7.56. The van der Waals surface area contributed by atoms with E-state index in [1.165, 1.54) is 38.5 Å². The molecule has 0 aliphatic heterocycles. The molecule has 4 aliphatic rings. The molecule has 4 bridgehead atoms. The smallest absolute Gasteiger partial charge is 0.244 e. The Morgan fingerprint density at radius 2 is 1.80 bits per heavy atom. The Labute approximate surface area is 120 Å². The molecule has 1 aromatic rings. The Balaban J connectivity index is 1.59. The lowest BCUT2D eigenvalue weighted by Gasteiger charge is -2.58. The molecule has 1 atom stereocenters. The number of nitrogens with two attached hydrogens (primary N) is 1. The van der Waals surface area contributed by atoms with E-state index >= 15 is 0 Å². The highest BCUT2D eigenvalue weighted by atomic mass is 16.5. The molecular weight excluding hydrogens is 250 g/mol. The van der Waals surface area contributed by atoms with Crippen molar-refractivity contribution in [2.24, 2.45) is 28.9 Å². The van der Waals surface area contributed by atoms with Crippen molar-refractivity contribution >= 4 is 0 Å². The van der Waals surface area contributed by atoms with Crippen molar-refractivity contribution in [1.29, 1.82) is 0 Å². The molecule has 0 saturated heterocycles. The average molecular weight is 275 g/mol. The molecule has 2 N–H and O–H groups in total. The van der Waals surface area contributed by atoms with Gasteiger partial charge in [0.15, 0.2) is 5.82 Å². The summed E-state index contributed by atoms with van der Waals surface area (Å²) >= 11 is 0. The zero-order valence-corrected chi connectivity index (χ0v) is 12.3. The maximum Gasteiger partial charge on any atom is 0.244 e. The molecule has 0 spiro atoms. The molecular formula is C16H25N3O. The third-order valence-electron chi connectivity index (χ3n) is 5.97. The van der Waals surface area contributed by atoms with Crippen LogP contribution in [0.5, 0.6) is 0 Å². The second kappa shape index (κ2) is 4.55. The van der Waals surface area contributed by atoms with Crippen LogP contribution >= 0.6 is 0 Å². The first-order valence-electron chi connectivity index (χ1n) is 8.26. The Bertz CT molecular complexity index is 460. The third-order valence-corrected chi connectivity index (χ3v) is 5.97. The van der Waals surface area contributed by atoms with Gasteiger partial charge in [0.25, 0.3) is 0 Å². The minimum atomic E-state index is -0.0472. The van der Waals surface area contributed by atoms with Crippen molar-refractivity contribution in [2.75, 3.05) is 0 Å². The van der Waals surface area contributed by atoms with E-state index in [-0.39, 0.29) is 11.5 Å². The summed E-state index contributed by atoms with van der Waals surface area (Å²) in [5.41, 5.74) is 6.86. The molecule has 5 rings (SSSR count). The number of nitrogens with zero attached hydrogens (tertiary/aromatic N) is 2. The normalized spacial score (nSPS) is 40.2. The molecule has 0 radical (unpaired) electrons. The summed E-state index contributed by atoms with van der Waals surface area (Å²) in [4.78, 5) is 4.55. The molecule has 0 aromatic carbocycles. The van der Waals surface area contributed by atoms with Gasteiger partial charge in [0.05, 0.1) is 6.04 Å². The fourth-order valence-corrected chi connectivity index (χ4v) is 5.54. The maximum atomic E-state index is 6.61. The third kappa shape index (κ3) is 1.92. The van der Waals surface area contributed by atoms with Gasteiger partial charge in [-0.05, 0) is 68.1 Å². The van der Waals surface area contributed by atoms with Crippen LogP contribution in [0.1, 0.15) is 69.6 Å². The molecule has 1 aromatic heterocycles. The summed E-state index contributed by atoms with van der Waals surface area (Å²) in [6, 6.07) is -0.0472. The van der Waals surface area contributed by atoms with Gasteiger partial charge < -0.3 is 10.3 Å². The summed E-state index contributed by atoms with van der Waals surface area (Å²) in [5, 5.41) is 4.09. The van der Waals surface area contributed by atoms with Gasteiger partial charge in [-0.15, -0.1) is 0 Å². The lowest BCUT2D eigenvalue weighted by atomic mass is 9.48. The molecule has 20 heavy (non-hydrogen) atoms. The van der Waals surface area contributed by atoms with Crippen LogP contribution in [0.2, 0.25) is 0 Å². The summed E-state index contributed by atoms with van der Waals surface area (Å²) in [5.74, 6) is 4.24. The lowest BCUT2D eigenvalue weighted by Crippen LogP contribution is -2.50. The van der Waals surface area contributed by atoms with Gasteiger partial charge in [-0.2, -0.15) is 4.98 Å². The predicted molar refractivity (Wildman–Crippen MR) is 75.8 cm³/mol. The van der Waals surface area contributed by atoms with Crippen LogP contribution in [0.3, 0.4) is 0 Å². The zero-order chi connectivity index (χ0) is 13.7. The SMILES string of the molecule is CCCc1noc(C(N)C23CC4CC(CC(C4)C2)C3)n1. The van der Waals surface area contributed by atoms with Gasteiger partial charge in [0.1, 0.15) is 0 Å². The van der Waals surface area contributed by atoms with E-state index in [1.807, 2.05) is 0 Å². The Kier molecular flexibility index (Phi) is 2.92. The molecule has 1 unspecified atom stereocenters. The van der Waals surface area contributed by atoms with Crippen molar-refractivity contribution in [3.8, 4) is 0 Å². The second-order valence-corrected chi connectivity index (χ2v) is 7.56. The van der Waals surface area contributed by atoms with Gasteiger partial charge in [0.2, 0.25) is 5.89 Å². The number of hydrogen-bond acceptors (Lipinski definition) is 4. The number of rotatable bonds is 4. The fraction of sp³-hybridized carbons (Fsp3) is 0.875. The van der Waals surface area contributed by atoms with E-state index in [0.29, 0.717) is 5.89 Å². The minimum absolute atomic E-state index is 0.0472. The van der Waals surface area contributed by atoms with Crippen molar-refractivity contribution in [1.82, 2.24) is 10.1 Å². The highest BCUT2D eigenvalue weighted by Crippen LogP contribution is 2.63. The zero-order valence-electron chi connectivity index (χ0n) is 12.3. The monoisotopic (exact) mass is 275 g/mol. The van der Waals surface area contributed by atoms with Crippen LogP contribution in [0.4, 0.5) is 0 Å². The first-order valence-corrected chi connectivity index (χ1v) is 8.26. The molecule has 110 valence electrons. The van der Waals surface area contributed by atoms with Crippen molar-refractivity contribution in [3.05, 3.63) is 11.7 Å². The Morgan fingerprint density at radius 3 is 2.35 bits per heavy atom. The lowest BCUT2D eigenvalue weighted by molar-refractivity contribution is -0.0724. The van der Waals surface area contributed by atoms with Crippen molar-refractivity contribution in [2.45, 2.75) is 64.3 Å². The van der Waals surface area contributed by atoms with E-state index in [9.17, 15) is 0 Å². The van der Waals surface area contributed by atoms with E-state index in [2.05, 4.69) is 17.1 Å². The largest absolute Gasteiger partial charge is 0.338 e. The summed E-state index contributed by atoms with van der Waals surface area (Å²) in [6.07, 6.45) is 10.1. The van der Waals surface area contributed by atoms with Crippen LogP contribution in [0.15, 0.2) is 4.52 Å². The molecule has 4 fully saturated rings. The van der Waals surface area contributed by atoms with Crippen LogP contribution in [-0.4, -0.2) is 10.1 Å². The van der Waals surface area contributed by atoms with Gasteiger partial charge in [0, 0.05) is 6.42 Å². The summed E-state index contributed by atoms with van der Waals surface area (Å²) in [7, 11) is 0. The van der Waals surface area contributed by atoms with E-state index in [4.69, 9.17) is 10.3 Å². The number of aromatic nitrogens is 2. The number of aryl methyl sites for hydroxylation is 1. The Hall–Kier alpha value is -0.900. The van der Waals surface area contributed by atoms with Crippen molar-refractivity contribution in [3.63, 3.8) is 0 Å². The van der Waals surface area contributed by atoms with E-state index in [0.717, 1.165) is 36.4 Å². The molecule has 0 amide bonds. The number of hydrogen-bond donors (Lipinski definition) is 1. The molecule has 4 saturated carbocycles. The van der Waals surface area contributed by atoms with Gasteiger partial charge in [-0.3, -0.25) is 0 Å². The predicted octanol–water partition coefficient (Wildman–Crippen LogP) is 3.24. The van der Waals surface area contributed by atoms with E-state index < -0.39 is 0 Å². The van der Waals surface area contributed by atoms with Gasteiger partial charge in [-0.25, -0.2) is 0 Å². The first kappa shape index (κ1) is 12.8. The quantitative estimate of drug-likeness (QED) is 0.916. The van der Waals surface area contributed by atoms with Crippen LogP contribution < -0.4 is 5.73 Å². The summed E-state index contributed by atoms with van der Waals surface area (Å²) < 4.78 is 5.48. The van der Waals surface area contributed by atoms with Crippen molar-refractivity contribution < 1.29 is 4.52 Å². The van der Waals surface area contributed by atoms with Gasteiger partial charge >= 0.3 is 0 Å². The highest BCUT2D eigenvalue weighted by Gasteiger charge is 2.54. The first-order chi connectivity index (χ1) is 9.68. The Morgan fingerprint density at radius 1 is 1.20 bits per heavy atom. The van der Waals surface area contributed by atoms with E-state index in [1.54, 1.807) is 0 Å². The fourth-order valence-electron chi connectivity index (χ4n) is 5.54. The van der Waals surface area contributed by atoms with Gasteiger partial charge in [-0.1, -0.05) is 12.1 Å². The minimum Gasteiger partial charge on any atom is -0.338 e. The molecule has 4 aliphatic carbocycles. The average Bonchev–Trinajstić information content (AvgIpc) is 2.85. The maximum absolute atomic E-state index is 6.61. The molecule has 4 nitrogen and oxygen atoms in total. The molecule has 1 heterocycles. The van der Waals surface area contributed by atoms with Crippen LogP contribution in [0, 0.1) is 23.2 Å². The molecule has 4 heteroatoms. The van der Waals surface area contributed by atoms with Crippen LogP contribution in [-0.2, 0) is 6.42 Å². The standard InChI is InChI=1S/C16H25N3O/c1-2-3-13-18-15(20-19-13)14(17)16-7-10-4-11(8-16)6-12(5-10)9-16/h10-12,14H,2-9,17H2,1H3. The topological polar surface area (TPSA) is 64.9 Å². The highest BCUT2D eigenvalue weighted by molar-refractivity contribution is 5.09.